The van der Waals surface area contributed by atoms with Crippen LogP contribution in [0.4, 0.5) is 5.13 Å². The molecule has 2 heterocycles. The van der Waals surface area contributed by atoms with Gasteiger partial charge >= 0.3 is 0 Å². The normalized spacial score (nSPS) is 12.6. The van der Waals surface area contributed by atoms with Crippen LogP contribution >= 0.6 is 35.3 Å². The molecule has 0 bridgehead atoms. The van der Waals surface area contributed by atoms with E-state index in [1.165, 1.54) is 11.3 Å². The van der Waals surface area contributed by atoms with E-state index in [0.717, 1.165) is 29.9 Å². The molecule has 31 heavy (non-hydrogen) atoms. The third kappa shape index (κ3) is 5.23. The van der Waals surface area contributed by atoms with Crippen LogP contribution in [-0.4, -0.2) is 55.2 Å². The molecule has 0 atom stereocenters. The SMILES string of the molecule is CCN(CC)CCN(C(=O)c1ccc2c(c1)OCCO2)c1nc2ccc(Cl)cc2s1.Cl. The van der Waals surface area contributed by atoms with Gasteiger partial charge in [0.25, 0.3) is 5.91 Å². The van der Waals surface area contributed by atoms with Gasteiger partial charge in [0.05, 0.1) is 10.2 Å². The zero-order valence-corrected chi connectivity index (χ0v) is 19.9. The zero-order valence-electron chi connectivity index (χ0n) is 17.5. The highest BCUT2D eigenvalue weighted by molar-refractivity contribution is 7.22. The summed E-state index contributed by atoms with van der Waals surface area (Å²) in [6.45, 7) is 8.41. The van der Waals surface area contributed by atoms with Crippen molar-refractivity contribution in [3.63, 3.8) is 0 Å². The second-order valence-corrected chi connectivity index (χ2v) is 8.40. The van der Waals surface area contributed by atoms with Gasteiger partial charge in [-0.3, -0.25) is 9.69 Å². The molecular weight excluding hydrogens is 457 g/mol. The number of anilines is 1. The zero-order chi connectivity index (χ0) is 21.1. The topological polar surface area (TPSA) is 54.9 Å². The van der Waals surface area contributed by atoms with Gasteiger partial charge in [0.15, 0.2) is 16.6 Å². The summed E-state index contributed by atoms with van der Waals surface area (Å²) in [4.78, 5) is 22.3. The Bertz CT molecular complexity index is 1060. The van der Waals surface area contributed by atoms with Crippen molar-refractivity contribution in [2.75, 3.05) is 44.3 Å². The van der Waals surface area contributed by atoms with E-state index in [1.807, 2.05) is 18.2 Å². The van der Waals surface area contributed by atoms with Gasteiger partial charge in [-0.15, -0.1) is 12.4 Å². The first kappa shape index (κ1) is 23.6. The first-order valence-electron chi connectivity index (χ1n) is 10.1. The molecule has 0 saturated carbocycles. The Morgan fingerprint density at radius 3 is 2.55 bits per heavy atom. The van der Waals surface area contributed by atoms with E-state index >= 15 is 0 Å². The molecule has 0 N–H and O–H groups in total. The third-order valence-corrected chi connectivity index (χ3v) is 6.41. The van der Waals surface area contributed by atoms with Gasteiger partial charge < -0.3 is 14.4 Å². The highest BCUT2D eigenvalue weighted by Gasteiger charge is 2.24. The second-order valence-electron chi connectivity index (χ2n) is 6.95. The van der Waals surface area contributed by atoms with Crippen molar-refractivity contribution in [2.45, 2.75) is 13.8 Å². The third-order valence-electron chi connectivity index (χ3n) is 5.14. The number of fused-ring (bicyclic) bond motifs is 2. The van der Waals surface area contributed by atoms with E-state index in [4.69, 9.17) is 26.1 Å². The van der Waals surface area contributed by atoms with Gasteiger partial charge in [-0.05, 0) is 49.5 Å². The van der Waals surface area contributed by atoms with E-state index in [2.05, 4.69) is 18.7 Å². The molecule has 0 aliphatic carbocycles. The Morgan fingerprint density at radius 1 is 1.06 bits per heavy atom. The van der Waals surface area contributed by atoms with Crippen LogP contribution in [0.3, 0.4) is 0 Å². The summed E-state index contributed by atoms with van der Waals surface area (Å²) >= 11 is 7.61. The maximum atomic E-state index is 13.5. The molecule has 4 rings (SSSR count). The van der Waals surface area contributed by atoms with Gasteiger partial charge in [0.1, 0.15) is 13.2 Å². The number of likely N-dealkylation sites (N-methyl/N-ethyl adjacent to an activating group) is 1. The van der Waals surface area contributed by atoms with Crippen LogP contribution in [0.1, 0.15) is 24.2 Å². The summed E-state index contributed by atoms with van der Waals surface area (Å²) in [6.07, 6.45) is 0. The number of hydrogen-bond donors (Lipinski definition) is 0. The minimum atomic E-state index is -0.107. The molecule has 0 spiro atoms. The number of ether oxygens (including phenoxy) is 2. The summed E-state index contributed by atoms with van der Waals surface area (Å²) in [5.74, 6) is 1.17. The van der Waals surface area contributed by atoms with Crippen molar-refractivity contribution in [1.29, 1.82) is 0 Å². The highest BCUT2D eigenvalue weighted by atomic mass is 35.5. The maximum Gasteiger partial charge on any atom is 0.260 e. The van der Waals surface area contributed by atoms with Crippen molar-refractivity contribution in [3.8, 4) is 11.5 Å². The lowest BCUT2D eigenvalue weighted by atomic mass is 10.1. The average Bonchev–Trinajstić information content (AvgIpc) is 3.18. The summed E-state index contributed by atoms with van der Waals surface area (Å²) in [5, 5.41) is 1.32. The summed E-state index contributed by atoms with van der Waals surface area (Å²) in [6, 6.07) is 10.9. The van der Waals surface area contributed by atoms with E-state index < -0.39 is 0 Å². The lowest BCUT2D eigenvalue weighted by molar-refractivity contribution is 0.0982. The van der Waals surface area contributed by atoms with Crippen molar-refractivity contribution in [3.05, 3.63) is 47.0 Å². The molecule has 3 aromatic rings. The first-order valence-corrected chi connectivity index (χ1v) is 11.3. The molecule has 166 valence electrons. The number of carbonyl (C=O) groups is 1. The van der Waals surface area contributed by atoms with E-state index in [-0.39, 0.29) is 18.3 Å². The molecule has 1 aliphatic rings. The fourth-order valence-corrected chi connectivity index (χ4v) is 4.67. The second kappa shape index (κ2) is 10.5. The number of benzene rings is 2. The van der Waals surface area contributed by atoms with Crippen LogP contribution in [0.5, 0.6) is 11.5 Å². The Balaban J connectivity index is 0.00000272. The number of aromatic nitrogens is 1. The molecule has 2 aromatic carbocycles. The van der Waals surface area contributed by atoms with Crippen molar-refractivity contribution < 1.29 is 14.3 Å². The van der Waals surface area contributed by atoms with E-state index in [1.54, 1.807) is 23.1 Å². The van der Waals surface area contributed by atoms with Crippen LogP contribution in [0.15, 0.2) is 36.4 Å². The lowest BCUT2D eigenvalue weighted by Gasteiger charge is -2.25. The number of amides is 1. The molecule has 9 heteroatoms. The van der Waals surface area contributed by atoms with Crippen LogP contribution in [-0.2, 0) is 0 Å². The maximum absolute atomic E-state index is 13.5. The molecule has 6 nitrogen and oxygen atoms in total. The van der Waals surface area contributed by atoms with Gasteiger partial charge in [-0.2, -0.15) is 0 Å². The van der Waals surface area contributed by atoms with Gasteiger partial charge in [0.2, 0.25) is 0 Å². The van der Waals surface area contributed by atoms with E-state index in [0.29, 0.717) is 47.0 Å². The van der Waals surface area contributed by atoms with Crippen LogP contribution in [0.2, 0.25) is 5.02 Å². The van der Waals surface area contributed by atoms with Crippen molar-refractivity contribution in [1.82, 2.24) is 9.88 Å². The molecule has 0 saturated heterocycles. The Hall–Kier alpha value is -2.06. The minimum absolute atomic E-state index is 0. The number of nitrogens with zero attached hydrogens (tertiary/aromatic N) is 3. The van der Waals surface area contributed by atoms with Crippen molar-refractivity contribution in [2.24, 2.45) is 0 Å². The van der Waals surface area contributed by atoms with Crippen molar-refractivity contribution >= 4 is 56.6 Å². The van der Waals surface area contributed by atoms with Gasteiger partial charge in [-0.1, -0.05) is 36.8 Å². The minimum Gasteiger partial charge on any atom is -0.486 e. The Kier molecular flexibility index (Phi) is 8.00. The monoisotopic (exact) mass is 481 g/mol. The number of halogens is 2. The molecule has 0 radical (unpaired) electrons. The molecule has 1 amide bonds. The molecule has 0 unspecified atom stereocenters. The fraction of sp³-hybridized carbons (Fsp3) is 0.364. The average molecular weight is 482 g/mol. The Morgan fingerprint density at radius 2 is 1.81 bits per heavy atom. The number of thiazole rings is 1. The number of rotatable bonds is 7. The summed E-state index contributed by atoms with van der Waals surface area (Å²) in [7, 11) is 0. The predicted octanol–water partition coefficient (Wildman–Crippen LogP) is 5.13. The molecule has 0 fully saturated rings. The van der Waals surface area contributed by atoms with Crippen LogP contribution < -0.4 is 14.4 Å². The van der Waals surface area contributed by atoms with Crippen LogP contribution in [0, 0.1) is 0 Å². The van der Waals surface area contributed by atoms with E-state index in [9.17, 15) is 4.79 Å². The van der Waals surface area contributed by atoms with Crippen LogP contribution in [0.25, 0.3) is 10.2 Å². The quantitative estimate of drug-likeness (QED) is 0.467. The lowest BCUT2D eigenvalue weighted by Crippen LogP contribution is -2.38. The summed E-state index contributed by atoms with van der Waals surface area (Å²) < 4.78 is 12.2. The largest absolute Gasteiger partial charge is 0.486 e. The van der Waals surface area contributed by atoms with Gasteiger partial charge in [-0.25, -0.2) is 4.98 Å². The number of hydrogen-bond acceptors (Lipinski definition) is 6. The standard InChI is InChI=1S/C22H24ClN3O3S.ClH/c1-3-25(4-2)9-10-26(22-24-17-7-6-16(23)14-20(17)30-22)21(27)15-5-8-18-19(13-15)29-12-11-28-18;/h5-8,13-14H,3-4,9-12H2,1-2H3;1H. The Labute approximate surface area is 197 Å². The summed E-state index contributed by atoms with van der Waals surface area (Å²) in [5.41, 5.74) is 1.39. The predicted molar refractivity (Wildman–Crippen MR) is 129 cm³/mol. The molecular formula is C22H25Cl2N3O3S. The first-order chi connectivity index (χ1) is 14.6. The van der Waals surface area contributed by atoms with Gasteiger partial charge in [0, 0.05) is 23.7 Å². The molecule has 1 aliphatic heterocycles. The smallest absolute Gasteiger partial charge is 0.260 e. The molecule has 1 aromatic heterocycles. The number of carbonyl (C=O) groups excluding carboxylic acids is 1. The highest BCUT2D eigenvalue weighted by Crippen LogP contribution is 2.34. The fourth-order valence-electron chi connectivity index (χ4n) is 3.40.